The molecule has 0 radical (unpaired) electrons. The van der Waals surface area contributed by atoms with E-state index in [-0.39, 0.29) is 5.82 Å². The van der Waals surface area contributed by atoms with E-state index in [0.29, 0.717) is 5.82 Å². The van der Waals surface area contributed by atoms with E-state index in [0.717, 1.165) is 31.4 Å². The molecular weight excluding hydrogens is 248 g/mol. The van der Waals surface area contributed by atoms with Gasteiger partial charge in [0.15, 0.2) is 0 Å². The lowest BCUT2D eigenvalue weighted by atomic mass is 10.2. The number of aryl methyl sites for hydroxylation is 2. The number of nitro groups is 1. The van der Waals surface area contributed by atoms with Crippen LogP contribution in [0.4, 0.5) is 5.82 Å². The van der Waals surface area contributed by atoms with E-state index in [1.165, 1.54) is 11.0 Å². The average molecular weight is 264 g/mol. The molecule has 0 fully saturated rings. The van der Waals surface area contributed by atoms with Crippen LogP contribution in [0.25, 0.3) is 5.82 Å². The molecule has 0 amide bonds. The molecule has 8 nitrogen and oxygen atoms in total. The first-order chi connectivity index (χ1) is 9.13. The monoisotopic (exact) mass is 264 g/mol. The highest BCUT2D eigenvalue weighted by atomic mass is 16.6. The fraction of sp³-hybridized carbons (Fsp3) is 0.545. The number of nitrogens with zero attached hydrogens (tertiary/aromatic N) is 6. The van der Waals surface area contributed by atoms with Gasteiger partial charge in [0.05, 0.1) is 11.9 Å². The Morgan fingerprint density at radius 3 is 2.89 bits per heavy atom. The van der Waals surface area contributed by atoms with Crippen molar-refractivity contribution in [1.82, 2.24) is 24.5 Å². The fourth-order valence-electron chi connectivity index (χ4n) is 1.88. The third-order valence-electron chi connectivity index (χ3n) is 2.85. The largest absolute Gasteiger partial charge is 0.408 e. The van der Waals surface area contributed by atoms with E-state index in [1.54, 1.807) is 17.8 Å². The predicted molar refractivity (Wildman–Crippen MR) is 68.0 cm³/mol. The number of imidazole rings is 1. The molecule has 2 aromatic heterocycles. The zero-order valence-electron chi connectivity index (χ0n) is 11.0. The van der Waals surface area contributed by atoms with E-state index in [1.807, 2.05) is 0 Å². The van der Waals surface area contributed by atoms with E-state index in [2.05, 4.69) is 22.2 Å². The Kier molecular flexibility index (Phi) is 3.88. The standard InChI is InChI=1S/C11H16N6O2/c1-3-4-5-6-9-7-16(14-13-9)11-10(17(18)19)12-8-15(11)2/h7-8H,3-6H2,1-2H3. The number of hydrogen-bond acceptors (Lipinski definition) is 5. The normalized spacial score (nSPS) is 10.8. The maximum atomic E-state index is 10.9. The quantitative estimate of drug-likeness (QED) is 0.449. The average Bonchev–Trinajstić information content (AvgIpc) is 2.96. The van der Waals surface area contributed by atoms with Crippen LogP contribution in [0.5, 0.6) is 0 Å². The van der Waals surface area contributed by atoms with Gasteiger partial charge in [0.25, 0.3) is 0 Å². The number of hydrogen-bond donors (Lipinski definition) is 0. The molecule has 0 aliphatic rings. The third kappa shape index (κ3) is 2.78. The molecule has 8 heteroatoms. The van der Waals surface area contributed by atoms with Gasteiger partial charge in [-0.25, -0.2) is 0 Å². The van der Waals surface area contributed by atoms with Gasteiger partial charge in [-0.1, -0.05) is 25.0 Å². The van der Waals surface area contributed by atoms with Gasteiger partial charge in [-0.15, -0.1) is 5.10 Å². The van der Waals surface area contributed by atoms with Crippen LogP contribution in [-0.2, 0) is 13.5 Å². The zero-order valence-corrected chi connectivity index (χ0v) is 11.0. The Hall–Kier alpha value is -2.25. The van der Waals surface area contributed by atoms with Crippen molar-refractivity contribution in [1.29, 1.82) is 0 Å². The smallest absolute Gasteiger partial charge is 0.358 e. The molecule has 0 saturated carbocycles. The van der Waals surface area contributed by atoms with E-state index >= 15 is 0 Å². The maximum Gasteiger partial charge on any atom is 0.408 e. The van der Waals surface area contributed by atoms with Crippen molar-refractivity contribution in [2.75, 3.05) is 0 Å². The molecule has 0 aliphatic heterocycles. The Morgan fingerprint density at radius 1 is 1.42 bits per heavy atom. The molecule has 0 atom stereocenters. The van der Waals surface area contributed by atoms with Crippen LogP contribution < -0.4 is 0 Å². The van der Waals surface area contributed by atoms with Crippen molar-refractivity contribution in [3.8, 4) is 5.82 Å². The summed E-state index contributed by atoms with van der Waals surface area (Å²) in [6.07, 6.45) is 7.27. The molecule has 102 valence electrons. The van der Waals surface area contributed by atoms with Gasteiger partial charge in [-0.2, -0.15) is 4.68 Å². The molecule has 2 aromatic rings. The fourth-order valence-corrected chi connectivity index (χ4v) is 1.88. The van der Waals surface area contributed by atoms with Gasteiger partial charge in [0, 0.05) is 7.05 Å². The lowest BCUT2D eigenvalue weighted by molar-refractivity contribution is -0.389. The molecular formula is C11H16N6O2. The van der Waals surface area contributed by atoms with Crippen LogP contribution in [0.15, 0.2) is 12.5 Å². The molecule has 2 heterocycles. The minimum absolute atomic E-state index is 0.215. The second-order valence-electron chi connectivity index (χ2n) is 4.37. The summed E-state index contributed by atoms with van der Waals surface area (Å²) in [4.78, 5) is 14.1. The van der Waals surface area contributed by atoms with Crippen LogP contribution in [0.2, 0.25) is 0 Å². The summed E-state index contributed by atoms with van der Waals surface area (Å²) in [6.45, 7) is 2.13. The topological polar surface area (TPSA) is 91.7 Å². The lowest BCUT2D eigenvalue weighted by Crippen LogP contribution is -2.05. The molecule has 2 rings (SSSR count). The maximum absolute atomic E-state index is 10.9. The number of unbranched alkanes of at least 4 members (excludes halogenated alkanes) is 2. The highest BCUT2D eigenvalue weighted by Crippen LogP contribution is 2.19. The molecule has 0 spiro atoms. The summed E-state index contributed by atoms with van der Waals surface area (Å²) in [6, 6.07) is 0. The minimum atomic E-state index is -0.520. The Morgan fingerprint density at radius 2 is 2.21 bits per heavy atom. The summed E-state index contributed by atoms with van der Waals surface area (Å²) in [7, 11) is 1.69. The second kappa shape index (κ2) is 5.59. The predicted octanol–water partition coefficient (Wildman–Crippen LogP) is 1.64. The second-order valence-corrected chi connectivity index (χ2v) is 4.37. The van der Waals surface area contributed by atoms with Crippen molar-refractivity contribution in [3.05, 3.63) is 28.3 Å². The van der Waals surface area contributed by atoms with Crippen molar-refractivity contribution in [2.45, 2.75) is 32.6 Å². The van der Waals surface area contributed by atoms with Crippen LogP contribution >= 0.6 is 0 Å². The summed E-state index contributed by atoms with van der Waals surface area (Å²) in [5.41, 5.74) is 0.837. The Bertz CT molecular complexity index is 574. The third-order valence-corrected chi connectivity index (χ3v) is 2.85. The molecule has 0 saturated heterocycles. The SMILES string of the molecule is CCCCCc1cn(-c2c([N+](=O)[O-])ncn2C)nn1. The summed E-state index contributed by atoms with van der Waals surface area (Å²) in [5, 5.41) is 18.9. The summed E-state index contributed by atoms with van der Waals surface area (Å²) >= 11 is 0. The molecule has 0 aliphatic carbocycles. The van der Waals surface area contributed by atoms with E-state index in [4.69, 9.17) is 0 Å². The summed E-state index contributed by atoms with van der Waals surface area (Å²) < 4.78 is 2.97. The zero-order chi connectivity index (χ0) is 13.8. The highest BCUT2D eigenvalue weighted by Gasteiger charge is 2.22. The summed E-state index contributed by atoms with van der Waals surface area (Å²) in [5.74, 6) is 0.103. The first-order valence-corrected chi connectivity index (χ1v) is 6.20. The van der Waals surface area contributed by atoms with Gasteiger partial charge in [-0.3, -0.25) is 4.57 Å². The van der Waals surface area contributed by atoms with Gasteiger partial charge >= 0.3 is 5.82 Å². The van der Waals surface area contributed by atoms with Crippen molar-refractivity contribution < 1.29 is 4.92 Å². The Labute approximate surface area is 110 Å². The van der Waals surface area contributed by atoms with Crippen LogP contribution in [0, 0.1) is 10.1 Å². The lowest BCUT2D eigenvalue weighted by Gasteiger charge is -1.99. The number of rotatable bonds is 6. The van der Waals surface area contributed by atoms with Crippen LogP contribution in [0.3, 0.4) is 0 Å². The van der Waals surface area contributed by atoms with Crippen LogP contribution in [-0.4, -0.2) is 29.5 Å². The van der Waals surface area contributed by atoms with Crippen molar-refractivity contribution in [2.24, 2.45) is 7.05 Å². The van der Waals surface area contributed by atoms with E-state index < -0.39 is 4.92 Å². The molecule has 19 heavy (non-hydrogen) atoms. The highest BCUT2D eigenvalue weighted by molar-refractivity contribution is 5.40. The first kappa shape index (κ1) is 13.2. The molecule has 0 bridgehead atoms. The van der Waals surface area contributed by atoms with Crippen molar-refractivity contribution in [3.63, 3.8) is 0 Å². The first-order valence-electron chi connectivity index (χ1n) is 6.20. The molecule has 0 aromatic carbocycles. The minimum Gasteiger partial charge on any atom is -0.358 e. The molecule has 0 unspecified atom stereocenters. The van der Waals surface area contributed by atoms with Crippen LogP contribution in [0.1, 0.15) is 31.9 Å². The Balaban J connectivity index is 2.23. The number of aromatic nitrogens is 5. The van der Waals surface area contributed by atoms with Gasteiger partial charge < -0.3 is 10.1 Å². The van der Waals surface area contributed by atoms with Gasteiger partial charge in [-0.05, 0) is 22.7 Å². The molecule has 0 N–H and O–H groups in total. The van der Waals surface area contributed by atoms with Gasteiger partial charge in [0.1, 0.15) is 0 Å². The van der Waals surface area contributed by atoms with Gasteiger partial charge in [0.2, 0.25) is 12.1 Å². The van der Waals surface area contributed by atoms with E-state index in [9.17, 15) is 10.1 Å². The van der Waals surface area contributed by atoms with Crippen molar-refractivity contribution >= 4 is 5.82 Å².